The van der Waals surface area contributed by atoms with E-state index in [1.807, 2.05) is 0 Å². The number of halogens is 2. The Hall–Kier alpha value is -1.16. The number of methoxy groups -OCH3 is 1. The molecule has 2 nitrogen and oxygen atoms in total. The van der Waals surface area contributed by atoms with Crippen molar-refractivity contribution < 1.29 is 13.5 Å². The van der Waals surface area contributed by atoms with Crippen molar-refractivity contribution in [3.8, 4) is 5.75 Å². The molecule has 1 rings (SSSR count). The summed E-state index contributed by atoms with van der Waals surface area (Å²) in [6, 6.07) is 2.82. The summed E-state index contributed by atoms with van der Waals surface area (Å²) in [7, 11) is 1.42. The predicted octanol–water partition coefficient (Wildman–Crippen LogP) is 2.59. The highest BCUT2D eigenvalue weighted by Crippen LogP contribution is 2.26. The Morgan fingerprint density at radius 3 is 2.62 bits per heavy atom. The molecule has 0 spiro atoms. The molecule has 0 amide bonds. The van der Waals surface area contributed by atoms with Crippen LogP contribution in [0.25, 0.3) is 0 Å². The molecule has 0 unspecified atom stereocenters. The Morgan fingerprint density at radius 2 is 2.06 bits per heavy atom. The molecule has 90 valence electrons. The van der Waals surface area contributed by atoms with Crippen LogP contribution < -0.4 is 10.5 Å². The van der Waals surface area contributed by atoms with Crippen LogP contribution in [-0.4, -0.2) is 13.7 Å². The number of benzene rings is 1. The third-order valence-corrected chi connectivity index (χ3v) is 2.44. The molecule has 0 aromatic heterocycles. The lowest BCUT2D eigenvalue weighted by Crippen LogP contribution is -2.01. The molecule has 4 heteroatoms. The highest BCUT2D eigenvalue weighted by Gasteiger charge is 2.11. The molecule has 0 aliphatic heterocycles. The third-order valence-electron chi connectivity index (χ3n) is 2.44. The van der Waals surface area contributed by atoms with Crippen LogP contribution in [0.1, 0.15) is 24.0 Å². The van der Waals surface area contributed by atoms with Gasteiger partial charge < -0.3 is 10.5 Å². The molecule has 2 N–H and O–H groups in total. The lowest BCUT2D eigenvalue weighted by Gasteiger charge is -2.10. The maximum Gasteiger partial charge on any atom is 0.165 e. The van der Waals surface area contributed by atoms with Crippen LogP contribution in [0.15, 0.2) is 12.1 Å². The van der Waals surface area contributed by atoms with E-state index < -0.39 is 12.5 Å². The maximum absolute atomic E-state index is 13.5. The van der Waals surface area contributed by atoms with E-state index in [-0.39, 0.29) is 5.75 Å². The summed E-state index contributed by atoms with van der Waals surface area (Å²) in [5.74, 6) is -0.283. The van der Waals surface area contributed by atoms with E-state index in [1.165, 1.54) is 13.2 Å². The number of nitrogens with two attached hydrogens (primary N) is 1. The average Bonchev–Trinajstić information content (AvgIpc) is 2.29. The summed E-state index contributed by atoms with van der Waals surface area (Å²) in [5, 5.41) is 0. The van der Waals surface area contributed by atoms with Gasteiger partial charge in [-0.2, -0.15) is 0 Å². The molecule has 16 heavy (non-hydrogen) atoms. The number of hydrogen-bond acceptors (Lipinski definition) is 2. The molecule has 0 fully saturated rings. The van der Waals surface area contributed by atoms with Crippen molar-refractivity contribution in [2.75, 3.05) is 13.7 Å². The van der Waals surface area contributed by atoms with Gasteiger partial charge in [-0.15, -0.1) is 0 Å². The molecule has 0 radical (unpaired) electrons. The van der Waals surface area contributed by atoms with Crippen molar-refractivity contribution in [3.63, 3.8) is 0 Å². The van der Waals surface area contributed by atoms with Gasteiger partial charge in [0.25, 0.3) is 0 Å². The van der Waals surface area contributed by atoms with Gasteiger partial charge in [-0.3, -0.25) is 0 Å². The zero-order valence-electron chi connectivity index (χ0n) is 9.43. The summed E-state index contributed by atoms with van der Waals surface area (Å²) in [5.41, 5.74) is 6.44. The first kappa shape index (κ1) is 12.9. The number of rotatable bonds is 6. The van der Waals surface area contributed by atoms with Gasteiger partial charge in [-0.25, -0.2) is 8.78 Å². The van der Waals surface area contributed by atoms with E-state index in [9.17, 15) is 8.78 Å². The zero-order valence-corrected chi connectivity index (χ0v) is 9.43. The standard InChI is InChI=1S/C12H17F2NO/c1-16-12-10(4-2-3-5-15)6-9(8-13)7-11(12)14/h6-7H,2-5,8,15H2,1H3. The summed E-state index contributed by atoms with van der Waals surface area (Å²) in [4.78, 5) is 0. The van der Waals surface area contributed by atoms with Crippen LogP contribution in [-0.2, 0) is 13.1 Å². The monoisotopic (exact) mass is 229 g/mol. The lowest BCUT2D eigenvalue weighted by atomic mass is 10.0. The zero-order chi connectivity index (χ0) is 12.0. The number of unbranched alkanes of at least 4 members (excludes halogenated alkanes) is 1. The molecule has 0 saturated carbocycles. The van der Waals surface area contributed by atoms with E-state index in [0.717, 1.165) is 12.8 Å². The Labute approximate surface area is 94.4 Å². The SMILES string of the molecule is COc1c(F)cc(CF)cc1CCCCN. The molecule has 0 aliphatic rings. The molecule has 0 saturated heterocycles. The van der Waals surface area contributed by atoms with Crippen molar-refractivity contribution >= 4 is 0 Å². The molecular formula is C12H17F2NO. The Bertz CT molecular complexity index is 342. The van der Waals surface area contributed by atoms with Crippen molar-refractivity contribution in [2.24, 2.45) is 5.73 Å². The van der Waals surface area contributed by atoms with Crippen LogP contribution in [0.2, 0.25) is 0 Å². The van der Waals surface area contributed by atoms with E-state index in [4.69, 9.17) is 10.5 Å². The summed E-state index contributed by atoms with van der Waals surface area (Å²) >= 11 is 0. The number of ether oxygens (including phenoxy) is 1. The average molecular weight is 229 g/mol. The van der Waals surface area contributed by atoms with Crippen LogP contribution >= 0.6 is 0 Å². The van der Waals surface area contributed by atoms with E-state index in [2.05, 4.69) is 0 Å². The molecular weight excluding hydrogens is 212 g/mol. The van der Waals surface area contributed by atoms with Gasteiger partial charge in [0.1, 0.15) is 6.67 Å². The Balaban J connectivity index is 2.89. The van der Waals surface area contributed by atoms with Gasteiger partial charge in [0.05, 0.1) is 7.11 Å². The minimum atomic E-state index is -0.662. The molecule has 0 atom stereocenters. The minimum absolute atomic E-state index is 0.217. The van der Waals surface area contributed by atoms with Crippen LogP contribution in [0.3, 0.4) is 0 Å². The van der Waals surface area contributed by atoms with Gasteiger partial charge >= 0.3 is 0 Å². The topological polar surface area (TPSA) is 35.2 Å². The predicted molar refractivity (Wildman–Crippen MR) is 59.8 cm³/mol. The first-order valence-corrected chi connectivity index (χ1v) is 5.34. The summed E-state index contributed by atoms with van der Waals surface area (Å²) in [6.07, 6.45) is 2.37. The Kier molecular flexibility index (Phi) is 5.19. The lowest BCUT2D eigenvalue weighted by molar-refractivity contribution is 0.379. The number of hydrogen-bond donors (Lipinski definition) is 1. The van der Waals surface area contributed by atoms with Crippen molar-refractivity contribution in [1.29, 1.82) is 0 Å². The molecule has 0 aliphatic carbocycles. The quantitative estimate of drug-likeness (QED) is 0.761. The normalized spacial score (nSPS) is 10.5. The van der Waals surface area contributed by atoms with Gasteiger partial charge in [-0.1, -0.05) is 0 Å². The fourth-order valence-electron chi connectivity index (χ4n) is 1.66. The smallest absolute Gasteiger partial charge is 0.165 e. The molecule has 0 bridgehead atoms. The largest absolute Gasteiger partial charge is 0.493 e. The van der Waals surface area contributed by atoms with Gasteiger partial charge in [-0.05, 0) is 49.1 Å². The number of alkyl halides is 1. The van der Waals surface area contributed by atoms with Crippen molar-refractivity contribution in [2.45, 2.75) is 25.9 Å². The van der Waals surface area contributed by atoms with Gasteiger partial charge in [0.2, 0.25) is 0 Å². The van der Waals surface area contributed by atoms with Gasteiger partial charge in [0, 0.05) is 0 Å². The second kappa shape index (κ2) is 6.43. The van der Waals surface area contributed by atoms with Crippen LogP contribution in [0.5, 0.6) is 5.75 Å². The first-order chi connectivity index (χ1) is 7.72. The van der Waals surface area contributed by atoms with E-state index in [1.54, 1.807) is 6.07 Å². The molecule has 0 heterocycles. The summed E-state index contributed by atoms with van der Waals surface area (Å²) in [6.45, 7) is -0.0571. The maximum atomic E-state index is 13.5. The second-order valence-electron chi connectivity index (χ2n) is 3.65. The highest BCUT2D eigenvalue weighted by molar-refractivity contribution is 5.38. The molecule has 1 aromatic rings. The molecule has 1 aromatic carbocycles. The Morgan fingerprint density at radius 1 is 1.31 bits per heavy atom. The van der Waals surface area contributed by atoms with E-state index in [0.29, 0.717) is 24.1 Å². The van der Waals surface area contributed by atoms with Crippen LogP contribution in [0, 0.1) is 5.82 Å². The summed E-state index contributed by atoms with van der Waals surface area (Å²) < 4.78 is 31.0. The fourth-order valence-corrected chi connectivity index (χ4v) is 1.66. The highest BCUT2D eigenvalue weighted by atomic mass is 19.1. The first-order valence-electron chi connectivity index (χ1n) is 5.34. The fraction of sp³-hybridized carbons (Fsp3) is 0.500. The minimum Gasteiger partial charge on any atom is -0.493 e. The van der Waals surface area contributed by atoms with Crippen LogP contribution in [0.4, 0.5) is 8.78 Å². The number of aryl methyl sites for hydroxylation is 1. The van der Waals surface area contributed by atoms with Gasteiger partial charge in [0.15, 0.2) is 11.6 Å². The second-order valence-corrected chi connectivity index (χ2v) is 3.65. The van der Waals surface area contributed by atoms with E-state index >= 15 is 0 Å². The third kappa shape index (κ3) is 3.17. The van der Waals surface area contributed by atoms with Crippen molar-refractivity contribution in [1.82, 2.24) is 0 Å². The van der Waals surface area contributed by atoms with Crippen molar-refractivity contribution in [3.05, 3.63) is 29.1 Å².